The quantitative estimate of drug-likeness (QED) is 0.847. The third-order valence-electron chi connectivity index (χ3n) is 1.43. The minimum absolute atomic E-state index is 0. The molecule has 1 atom stereocenters. The van der Waals surface area contributed by atoms with E-state index in [2.05, 4.69) is 24.1 Å². The Morgan fingerprint density at radius 3 is 2.53 bits per heavy atom. The molecular formula is C11H22N2OS. The van der Waals surface area contributed by atoms with Gasteiger partial charge in [0.15, 0.2) is 0 Å². The van der Waals surface area contributed by atoms with Crippen molar-refractivity contribution in [1.29, 1.82) is 0 Å². The summed E-state index contributed by atoms with van der Waals surface area (Å²) in [6.07, 6.45) is 3.07. The zero-order valence-electron chi connectivity index (χ0n) is 10.1. The molecule has 1 amide bonds. The largest absolute Gasteiger partial charge is 0.347 e. The maximum Gasteiger partial charge on any atom is 0.217 e. The van der Waals surface area contributed by atoms with E-state index in [-0.39, 0.29) is 13.4 Å². The molecule has 0 aliphatic rings. The number of hydrogen-bond acceptors (Lipinski definition) is 3. The molecule has 0 saturated carbocycles. The van der Waals surface area contributed by atoms with Crippen LogP contribution in [0.4, 0.5) is 0 Å². The Morgan fingerprint density at radius 1 is 1.67 bits per heavy atom. The number of rotatable bonds is 2. The average Bonchev–Trinajstić information content (AvgIpc) is 2.52. The van der Waals surface area contributed by atoms with Crippen LogP contribution in [0.5, 0.6) is 0 Å². The first-order valence-electron chi connectivity index (χ1n) is 5.20. The Morgan fingerprint density at radius 2 is 2.20 bits per heavy atom. The van der Waals surface area contributed by atoms with Crippen molar-refractivity contribution in [3.63, 3.8) is 0 Å². The van der Waals surface area contributed by atoms with E-state index in [0.29, 0.717) is 0 Å². The summed E-state index contributed by atoms with van der Waals surface area (Å²) in [7, 11) is 0. The van der Waals surface area contributed by atoms with Crippen LogP contribution in [0.1, 0.15) is 51.5 Å². The van der Waals surface area contributed by atoms with Crippen LogP contribution in [0.15, 0.2) is 6.20 Å². The van der Waals surface area contributed by atoms with Gasteiger partial charge in [0.2, 0.25) is 5.91 Å². The van der Waals surface area contributed by atoms with Crippen LogP contribution in [0.25, 0.3) is 0 Å². The van der Waals surface area contributed by atoms with Crippen molar-refractivity contribution in [1.82, 2.24) is 10.3 Å². The lowest BCUT2D eigenvalue weighted by molar-refractivity contribution is -0.119. The fourth-order valence-corrected chi connectivity index (χ4v) is 1.72. The summed E-state index contributed by atoms with van der Waals surface area (Å²) in [6.45, 7) is 9.69. The summed E-state index contributed by atoms with van der Waals surface area (Å²) in [4.78, 5) is 16.0. The Labute approximate surface area is 97.4 Å². The number of aryl methyl sites for hydroxylation is 1. The van der Waals surface area contributed by atoms with Crippen molar-refractivity contribution in [3.05, 3.63) is 16.1 Å². The highest BCUT2D eigenvalue weighted by Gasteiger charge is 2.09. The summed E-state index contributed by atoms with van der Waals surface area (Å²) in [5.41, 5.74) is 0. The number of hydrogen-bond donors (Lipinski definition) is 1. The van der Waals surface area contributed by atoms with Crippen LogP contribution in [-0.4, -0.2) is 10.9 Å². The van der Waals surface area contributed by atoms with E-state index in [4.69, 9.17) is 0 Å². The molecule has 0 bridgehead atoms. The van der Waals surface area contributed by atoms with E-state index in [1.807, 2.05) is 20.0 Å². The molecule has 3 nitrogen and oxygen atoms in total. The molecule has 0 aliphatic heterocycles. The van der Waals surface area contributed by atoms with E-state index in [9.17, 15) is 4.79 Å². The summed E-state index contributed by atoms with van der Waals surface area (Å²) in [6, 6.07) is 0.0289. The van der Waals surface area contributed by atoms with Crippen LogP contribution < -0.4 is 5.32 Å². The van der Waals surface area contributed by atoms with Gasteiger partial charge in [-0.05, 0) is 13.8 Å². The van der Waals surface area contributed by atoms with E-state index < -0.39 is 0 Å². The summed E-state index contributed by atoms with van der Waals surface area (Å²) in [5, 5.41) is 3.74. The lowest BCUT2D eigenvalue weighted by Crippen LogP contribution is -2.23. The molecule has 0 fully saturated rings. The maximum atomic E-state index is 10.7. The third kappa shape index (κ3) is 6.23. The number of carbonyl (C=O) groups excluding carboxylic acids is 1. The van der Waals surface area contributed by atoms with Gasteiger partial charge in [-0.25, -0.2) is 4.98 Å². The Bertz CT molecular complexity index is 302. The molecule has 0 aromatic carbocycles. The highest BCUT2D eigenvalue weighted by atomic mass is 32.1. The molecule has 1 aromatic heterocycles. The molecule has 15 heavy (non-hydrogen) atoms. The second-order valence-electron chi connectivity index (χ2n) is 3.44. The average molecular weight is 230 g/mol. The number of aromatic nitrogens is 1. The van der Waals surface area contributed by atoms with Crippen LogP contribution in [0.2, 0.25) is 0 Å². The van der Waals surface area contributed by atoms with E-state index in [1.54, 1.807) is 11.3 Å². The monoisotopic (exact) mass is 230 g/mol. The van der Waals surface area contributed by atoms with Crippen LogP contribution >= 0.6 is 11.3 Å². The molecule has 1 heterocycles. The van der Waals surface area contributed by atoms with Gasteiger partial charge in [-0.2, -0.15) is 0 Å². The second kappa shape index (κ2) is 7.40. The number of nitrogens with zero attached hydrogens (tertiary/aromatic N) is 1. The number of carbonyl (C=O) groups is 1. The van der Waals surface area contributed by atoms with E-state index in [1.165, 1.54) is 18.2 Å². The SMILES string of the molecule is CC(=O)N[C@H](C)c1ncc(C)s1.CCC.[HH]. The summed E-state index contributed by atoms with van der Waals surface area (Å²) >= 11 is 1.61. The lowest BCUT2D eigenvalue weighted by Gasteiger charge is -2.07. The molecule has 1 N–H and O–H groups in total. The van der Waals surface area contributed by atoms with Gasteiger partial charge >= 0.3 is 0 Å². The Hall–Kier alpha value is -0.900. The number of nitrogens with one attached hydrogen (secondary N) is 1. The second-order valence-corrected chi connectivity index (χ2v) is 4.70. The first kappa shape index (κ1) is 14.1. The fourth-order valence-electron chi connectivity index (χ4n) is 0.939. The zero-order chi connectivity index (χ0) is 11.8. The highest BCUT2D eigenvalue weighted by molar-refractivity contribution is 7.11. The molecule has 1 rings (SSSR count). The molecule has 1 aromatic rings. The Balaban J connectivity index is 0. The Kier molecular flexibility index (Phi) is 6.96. The molecular weight excluding hydrogens is 208 g/mol. The number of thiazole rings is 1. The summed E-state index contributed by atoms with van der Waals surface area (Å²) < 4.78 is 0. The fraction of sp³-hybridized carbons (Fsp3) is 0.636. The molecule has 0 radical (unpaired) electrons. The van der Waals surface area contributed by atoms with Crippen molar-refractivity contribution in [2.75, 3.05) is 0 Å². The smallest absolute Gasteiger partial charge is 0.217 e. The van der Waals surface area contributed by atoms with Crippen molar-refractivity contribution >= 4 is 17.2 Å². The van der Waals surface area contributed by atoms with Gasteiger partial charge in [0.25, 0.3) is 0 Å². The van der Waals surface area contributed by atoms with E-state index >= 15 is 0 Å². The molecule has 0 aliphatic carbocycles. The highest BCUT2D eigenvalue weighted by Crippen LogP contribution is 2.18. The van der Waals surface area contributed by atoms with Gasteiger partial charge in [-0.3, -0.25) is 4.79 Å². The predicted molar refractivity (Wildman–Crippen MR) is 67.2 cm³/mol. The van der Waals surface area contributed by atoms with Crippen molar-refractivity contribution < 1.29 is 6.22 Å². The minimum Gasteiger partial charge on any atom is -0.347 e. The maximum absolute atomic E-state index is 10.7. The van der Waals surface area contributed by atoms with Crippen LogP contribution in [0.3, 0.4) is 0 Å². The van der Waals surface area contributed by atoms with Crippen LogP contribution in [0, 0.1) is 6.92 Å². The normalized spacial score (nSPS) is 11.3. The number of amides is 1. The molecule has 0 spiro atoms. The van der Waals surface area contributed by atoms with Crippen LogP contribution in [-0.2, 0) is 4.79 Å². The van der Waals surface area contributed by atoms with Gasteiger partial charge < -0.3 is 5.32 Å². The molecule has 0 unspecified atom stereocenters. The van der Waals surface area contributed by atoms with Gasteiger partial charge in [-0.15, -0.1) is 11.3 Å². The first-order valence-corrected chi connectivity index (χ1v) is 6.02. The zero-order valence-corrected chi connectivity index (χ0v) is 10.9. The predicted octanol–water partition coefficient (Wildman–Crippen LogP) is 3.31. The van der Waals surface area contributed by atoms with Crippen molar-refractivity contribution in [2.24, 2.45) is 0 Å². The van der Waals surface area contributed by atoms with Gasteiger partial charge in [0.05, 0.1) is 6.04 Å². The topological polar surface area (TPSA) is 42.0 Å². The van der Waals surface area contributed by atoms with Gasteiger partial charge in [-0.1, -0.05) is 20.3 Å². The van der Waals surface area contributed by atoms with E-state index in [0.717, 1.165) is 5.01 Å². The molecule has 0 saturated heterocycles. The van der Waals surface area contributed by atoms with Gasteiger partial charge in [0, 0.05) is 19.4 Å². The minimum atomic E-state index is -0.0182. The first-order chi connectivity index (χ1) is 7.01. The lowest BCUT2D eigenvalue weighted by atomic mass is 10.3. The summed E-state index contributed by atoms with van der Waals surface area (Å²) in [5.74, 6) is -0.0182. The van der Waals surface area contributed by atoms with Crippen molar-refractivity contribution in [2.45, 2.75) is 47.1 Å². The van der Waals surface area contributed by atoms with Gasteiger partial charge in [0.1, 0.15) is 5.01 Å². The standard InChI is InChI=1S/C8H12N2OS.C3H8.H2/c1-5-4-9-8(12-5)6(2)10-7(3)11;1-3-2;/h4,6H,1-3H3,(H,10,11);3H2,1-2H3;1H/t6-;;/m1../s1. The third-order valence-corrected chi connectivity index (χ3v) is 2.52. The van der Waals surface area contributed by atoms with Crippen molar-refractivity contribution in [3.8, 4) is 0 Å². The molecule has 4 heteroatoms. The molecule has 88 valence electrons.